The van der Waals surface area contributed by atoms with Crippen molar-refractivity contribution >= 4 is 11.6 Å². The molecule has 2 aromatic heterocycles. The van der Waals surface area contributed by atoms with Gasteiger partial charge in [-0.25, -0.2) is 14.1 Å². The normalized spacial score (nSPS) is 10.2. The Morgan fingerprint density at radius 3 is 2.88 bits per heavy atom. The van der Waals surface area contributed by atoms with Gasteiger partial charge in [0.25, 0.3) is 5.91 Å². The minimum Gasteiger partial charge on any atom is -0.321 e. The van der Waals surface area contributed by atoms with Crippen LogP contribution in [0.5, 0.6) is 0 Å². The minimum absolute atomic E-state index is 0.0538. The maximum Gasteiger partial charge on any atom is 0.259 e. The number of carbonyl (C=O) groups is 1. The number of hydrogen-bond donors (Lipinski definition) is 1. The molecule has 118 valence electrons. The van der Waals surface area contributed by atoms with Crippen LogP contribution in [0.2, 0.25) is 0 Å². The van der Waals surface area contributed by atoms with Crippen LogP contribution in [0, 0.1) is 24.1 Å². The van der Waals surface area contributed by atoms with Crippen LogP contribution in [0.3, 0.4) is 0 Å². The first-order chi connectivity index (χ1) is 11.6. The number of nitriles is 1. The van der Waals surface area contributed by atoms with Crippen molar-refractivity contribution in [1.82, 2.24) is 14.8 Å². The number of aromatic nitrogens is 3. The molecule has 0 aliphatic carbocycles. The second-order valence-electron chi connectivity index (χ2n) is 5.00. The Kier molecular flexibility index (Phi) is 4.03. The van der Waals surface area contributed by atoms with Crippen LogP contribution in [-0.4, -0.2) is 20.7 Å². The molecule has 0 fully saturated rings. The molecule has 1 aromatic carbocycles. The first kappa shape index (κ1) is 15.4. The highest BCUT2D eigenvalue weighted by Gasteiger charge is 2.17. The topological polar surface area (TPSA) is 83.6 Å². The van der Waals surface area contributed by atoms with Gasteiger partial charge in [-0.05, 0) is 37.3 Å². The first-order valence-corrected chi connectivity index (χ1v) is 7.07. The van der Waals surface area contributed by atoms with Crippen molar-refractivity contribution in [3.05, 3.63) is 71.4 Å². The molecule has 3 aromatic rings. The van der Waals surface area contributed by atoms with E-state index in [1.165, 1.54) is 18.3 Å². The summed E-state index contributed by atoms with van der Waals surface area (Å²) in [6.07, 6.45) is 3.06. The van der Waals surface area contributed by atoms with Crippen LogP contribution in [-0.2, 0) is 0 Å². The second-order valence-corrected chi connectivity index (χ2v) is 5.00. The fourth-order valence-corrected chi connectivity index (χ4v) is 2.25. The van der Waals surface area contributed by atoms with Gasteiger partial charge in [0.2, 0.25) is 0 Å². The summed E-state index contributed by atoms with van der Waals surface area (Å²) >= 11 is 0. The number of benzene rings is 1. The number of pyridine rings is 1. The lowest BCUT2D eigenvalue weighted by molar-refractivity contribution is 0.102. The lowest BCUT2D eigenvalue weighted by Gasteiger charge is -2.07. The average molecular weight is 321 g/mol. The van der Waals surface area contributed by atoms with E-state index in [-0.39, 0.29) is 11.3 Å². The number of carbonyl (C=O) groups excluding carboxylic acids is 1. The number of halogens is 1. The highest BCUT2D eigenvalue weighted by atomic mass is 19.1. The molecular weight excluding hydrogens is 309 g/mol. The van der Waals surface area contributed by atoms with E-state index in [2.05, 4.69) is 15.4 Å². The predicted octanol–water partition coefficient (Wildman–Crippen LogP) is 2.84. The zero-order valence-corrected chi connectivity index (χ0v) is 12.7. The number of anilines is 1. The molecule has 0 unspecified atom stereocenters. The predicted molar refractivity (Wildman–Crippen MR) is 85.2 cm³/mol. The molecule has 3 rings (SSSR count). The number of nitrogens with zero attached hydrogens (tertiary/aromatic N) is 4. The average Bonchev–Trinajstić information content (AvgIpc) is 2.98. The van der Waals surface area contributed by atoms with Gasteiger partial charge in [-0.2, -0.15) is 10.4 Å². The van der Waals surface area contributed by atoms with Crippen molar-refractivity contribution in [2.75, 3.05) is 5.32 Å². The third-order valence-electron chi connectivity index (χ3n) is 3.47. The van der Waals surface area contributed by atoms with E-state index in [9.17, 15) is 9.18 Å². The summed E-state index contributed by atoms with van der Waals surface area (Å²) in [4.78, 5) is 16.6. The molecule has 7 heteroatoms. The monoisotopic (exact) mass is 321 g/mol. The summed E-state index contributed by atoms with van der Waals surface area (Å²) in [7, 11) is 0. The number of amides is 1. The lowest BCUT2D eigenvalue weighted by Crippen LogP contribution is -2.14. The van der Waals surface area contributed by atoms with Crippen LogP contribution in [0.4, 0.5) is 10.1 Å². The lowest BCUT2D eigenvalue weighted by atomic mass is 10.1. The Morgan fingerprint density at radius 2 is 2.17 bits per heavy atom. The molecule has 0 aliphatic rings. The van der Waals surface area contributed by atoms with Gasteiger partial charge in [-0.1, -0.05) is 6.07 Å². The summed E-state index contributed by atoms with van der Waals surface area (Å²) in [5.74, 6) is -0.380. The highest BCUT2D eigenvalue weighted by Crippen LogP contribution is 2.19. The Bertz CT molecular complexity index is 943. The molecule has 0 spiro atoms. The van der Waals surface area contributed by atoms with E-state index >= 15 is 0 Å². The zero-order chi connectivity index (χ0) is 17.1. The van der Waals surface area contributed by atoms with Crippen molar-refractivity contribution in [1.29, 1.82) is 5.26 Å². The molecule has 0 bridgehead atoms. The summed E-state index contributed by atoms with van der Waals surface area (Å²) in [5, 5.41) is 15.8. The minimum atomic E-state index is -0.538. The molecule has 0 aliphatic heterocycles. The Balaban J connectivity index is 1.90. The van der Waals surface area contributed by atoms with E-state index in [0.29, 0.717) is 17.1 Å². The van der Waals surface area contributed by atoms with Crippen LogP contribution in [0.1, 0.15) is 21.6 Å². The van der Waals surface area contributed by atoms with Crippen molar-refractivity contribution in [2.45, 2.75) is 6.92 Å². The molecule has 0 saturated heterocycles. The van der Waals surface area contributed by atoms with Gasteiger partial charge in [-0.15, -0.1) is 0 Å². The molecule has 0 radical (unpaired) electrons. The van der Waals surface area contributed by atoms with Gasteiger partial charge in [0, 0.05) is 6.20 Å². The number of rotatable bonds is 3. The Labute approximate surface area is 137 Å². The van der Waals surface area contributed by atoms with Gasteiger partial charge in [0.05, 0.1) is 28.7 Å². The fraction of sp³-hybridized carbons (Fsp3) is 0.0588. The number of nitrogens with one attached hydrogen (secondary N) is 1. The summed E-state index contributed by atoms with van der Waals surface area (Å²) in [6.45, 7) is 1.74. The van der Waals surface area contributed by atoms with Crippen LogP contribution >= 0.6 is 0 Å². The molecular formula is C17H12FN5O. The smallest absolute Gasteiger partial charge is 0.259 e. The van der Waals surface area contributed by atoms with E-state index in [1.807, 2.05) is 12.1 Å². The molecule has 1 amide bonds. The van der Waals surface area contributed by atoms with Crippen LogP contribution < -0.4 is 5.32 Å². The third-order valence-corrected chi connectivity index (χ3v) is 3.47. The molecule has 0 saturated carbocycles. The molecule has 0 atom stereocenters. The van der Waals surface area contributed by atoms with Gasteiger partial charge in [-0.3, -0.25) is 4.79 Å². The Morgan fingerprint density at radius 1 is 1.33 bits per heavy atom. The van der Waals surface area contributed by atoms with Gasteiger partial charge < -0.3 is 5.32 Å². The first-order valence-electron chi connectivity index (χ1n) is 7.07. The van der Waals surface area contributed by atoms with Crippen LogP contribution in [0.25, 0.3) is 5.82 Å². The third kappa shape index (κ3) is 2.85. The highest BCUT2D eigenvalue weighted by molar-refractivity contribution is 6.05. The Hall–Kier alpha value is -3.53. The maximum absolute atomic E-state index is 13.2. The quantitative estimate of drug-likeness (QED) is 0.804. The second kappa shape index (κ2) is 6.30. The van der Waals surface area contributed by atoms with E-state index in [4.69, 9.17) is 5.26 Å². The summed E-state index contributed by atoms with van der Waals surface area (Å²) in [6, 6.07) is 10.8. The maximum atomic E-state index is 13.2. The standard InChI is InChI=1S/C17H12FN5O/c1-11-14(10-21-23(11)16-4-2-3-7-20-16)17(24)22-15-6-5-13(18)8-12(15)9-19/h2-8,10H,1H3,(H,22,24). The molecule has 2 heterocycles. The van der Waals surface area contributed by atoms with Gasteiger partial charge in [0.15, 0.2) is 5.82 Å². The molecule has 1 N–H and O–H groups in total. The van der Waals surface area contributed by atoms with E-state index in [1.54, 1.807) is 29.9 Å². The van der Waals surface area contributed by atoms with Crippen molar-refractivity contribution in [3.63, 3.8) is 0 Å². The molecule has 24 heavy (non-hydrogen) atoms. The van der Waals surface area contributed by atoms with E-state index in [0.717, 1.165) is 6.07 Å². The zero-order valence-electron chi connectivity index (χ0n) is 12.7. The van der Waals surface area contributed by atoms with Gasteiger partial charge >= 0.3 is 0 Å². The van der Waals surface area contributed by atoms with Crippen molar-refractivity contribution in [2.24, 2.45) is 0 Å². The number of hydrogen-bond acceptors (Lipinski definition) is 4. The summed E-state index contributed by atoms with van der Waals surface area (Å²) in [5.41, 5.74) is 1.24. The van der Waals surface area contributed by atoms with Crippen molar-refractivity contribution < 1.29 is 9.18 Å². The van der Waals surface area contributed by atoms with E-state index < -0.39 is 11.7 Å². The largest absolute Gasteiger partial charge is 0.321 e. The van der Waals surface area contributed by atoms with Crippen LogP contribution in [0.15, 0.2) is 48.8 Å². The van der Waals surface area contributed by atoms with Gasteiger partial charge in [0.1, 0.15) is 11.9 Å². The van der Waals surface area contributed by atoms with Crippen molar-refractivity contribution in [3.8, 4) is 11.9 Å². The fourth-order valence-electron chi connectivity index (χ4n) is 2.25. The molecule has 6 nitrogen and oxygen atoms in total. The summed E-state index contributed by atoms with van der Waals surface area (Å²) < 4.78 is 14.7. The SMILES string of the molecule is Cc1c(C(=O)Nc2ccc(F)cc2C#N)cnn1-c1ccccn1.